The highest BCUT2D eigenvalue weighted by Crippen LogP contribution is 2.18. The third-order valence-electron chi connectivity index (χ3n) is 4.67. The second-order valence-electron chi connectivity index (χ2n) is 6.87. The van der Waals surface area contributed by atoms with Crippen LogP contribution in [0.2, 0.25) is 0 Å². The van der Waals surface area contributed by atoms with Crippen molar-refractivity contribution in [2.75, 3.05) is 40.8 Å². The number of hydrogen-bond donors (Lipinski definition) is 1. The Morgan fingerprint density at radius 2 is 2.22 bits per heavy atom. The van der Waals surface area contributed by atoms with Crippen molar-refractivity contribution in [2.45, 2.75) is 31.7 Å². The van der Waals surface area contributed by atoms with E-state index in [0.29, 0.717) is 6.04 Å². The summed E-state index contributed by atoms with van der Waals surface area (Å²) in [4.78, 5) is 21.1. The zero-order valence-corrected chi connectivity index (χ0v) is 14.7. The Hall–Kier alpha value is -1.46. The van der Waals surface area contributed by atoms with Gasteiger partial charge in [-0.25, -0.2) is 0 Å². The number of aryl methyl sites for hydroxylation is 1. The summed E-state index contributed by atoms with van der Waals surface area (Å²) in [5.41, 5.74) is 1.23. The highest BCUT2D eigenvalue weighted by molar-refractivity contribution is 5.78. The first-order valence-corrected chi connectivity index (χ1v) is 8.58. The molecule has 2 rings (SSSR count). The van der Waals surface area contributed by atoms with Gasteiger partial charge in [0.15, 0.2) is 0 Å². The Balaban J connectivity index is 1.72. The Bertz CT molecular complexity index is 477. The monoisotopic (exact) mass is 318 g/mol. The molecule has 0 radical (unpaired) electrons. The summed E-state index contributed by atoms with van der Waals surface area (Å²) in [7, 11) is 6.36. The van der Waals surface area contributed by atoms with Crippen LogP contribution in [-0.2, 0) is 11.2 Å². The number of hydrogen-bond acceptors (Lipinski definition) is 4. The summed E-state index contributed by atoms with van der Waals surface area (Å²) in [5.74, 6) is 0.325. The van der Waals surface area contributed by atoms with E-state index in [1.54, 1.807) is 6.20 Å². The Labute approximate surface area is 140 Å². The van der Waals surface area contributed by atoms with Gasteiger partial charge in [0, 0.05) is 38.1 Å². The molecule has 1 fully saturated rings. The number of nitrogens with zero attached hydrogens (tertiary/aromatic N) is 3. The van der Waals surface area contributed by atoms with Gasteiger partial charge in [-0.2, -0.15) is 0 Å². The van der Waals surface area contributed by atoms with Crippen molar-refractivity contribution < 1.29 is 4.79 Å². The standard InChI is InChI=1S/C18H30N4O/c1-21(2)17-9-8-16(13-22(3)14-17)18(23)20-11-5-7-15-6-4-10-19-12-15/h4,6,10,12,16-17H,5,7-9,11,13-14H2,1-3H3,(H,20,23)/t16-,17+/m1/s1. The molecule has 128 valence electrons. The first-order chi connectivity index (χ1) is 11.1. The van der Waals surface area contributed by atoms with E-state index < -0.39 is 0 Å². The summed E-state index contributed by atoms with van der Waals surface area (Å²) >= 11 is 0. The van der Waals surface area contributed by atoms with Gasteiger partial charge in [0.1, 0.15) is 0 Å². The number of pyridine rings is 1. The molecule has 2 heterocycles. The van der Waals surface area contributed by atoms with Crippen molar-refractivity contribution in [3.05, 3.63) is 30.1 Å². The fraction of sp³-hybridized carbons (Fsp3) is 0.667. The molecule has 0 saturated carbocycles. The average molecular weight is 318 g/mol. The number of likely N-dealkylation sites (N-methyl/N-ethyl adjacent to an activating group) is 2. The van der Waals surface area contributed by atoms with Gasteiger partial charge in [-0.15, -0.1) is 0 Å². The molecular weight excluding hydrogens is 288 g/mol. The number of carbonyl (C=O) groups excluding carboxylic acids is 1. The Morgan fingerprint density at radius 1 is 1.39 bits per heavy atom. The normalized spacial score (nSPS) is 22.8. The summed E-state index contributed by atoms with van der Waals surface area (Å²) in [5, 5.41) is 3.12. The van der Waals surface area contributed by atoms with Crippen LogP contribution in [0.15, 0.2) is 24.5 Å². The maximum absolute atomic E-state index is 12.4. The third-order valence-corrected chi connectivity index (χ3v) is 4.67. The lowest BCUT2D eigenvalue weighted by molar-refractivity contribution is -0.125. The summed E-state index contributed by atoms with van der Waals surface area (Å²) in [6.45, 7) is 2.64. The van der Waals surface area contributed by atoms with E-state index in [0.717, 1.165) is 45.3 Å². The van der Waals surface area contributed by atoms with Crippen LogP contribution in [0.3, 0.4) is 0 Å². The molecule has 0 unspecified atom stereocenters. The highest BCUT2D eigenvalue weighted by atomic mass is 16.1. The molecule has 1 aliphatic rings. The molecule has 0 spiro atoms. The van der Waals surface area contributed by atoms with E-state index in [2.05, 4.69) is 47.3 Å². The topological polar surface area (TPSA) is 48.5 Å². The van der Waals surface area contributed by atoms with Crippen molar-refractivity contribution >= 4 is 5.91 Å². The zero-order chi connectivity index (χ0) is 16.7. The van der Waals surface area contributed by atoms with Crippen LogP contribution in [-0.4, -0.2) is 67.5 Å². The molecule has 2 atom stereocenters. The van der Waals surface area contributed by atoms with Crippen LogP contribution >= 0.6 is 0 Å². The Morgan fingerprint density at radius 3 is 2.91 bits per heavy atom. The predicted octanol–water partition coefficient (Wildman–Crippen LogP) is 1.40. The van der Waals surface area contributed by atoms with Gasteiger partial charge in [-0.05, 0) is 58.5 Å². The van der Waals surface area contributed by atoms with E-state index in [1.807, 2.05) is 12.3 Å². The SMILES string of the molecule is CN1C[C@H](C(=O)NCCCc2cccnc2)CC[C@H](N(C)C)C1. The number of aromatic nitrogens is 1. The van der Waals surface area contributed by atoms with Crippen molar-refractivity contribution in [1.29, 1.82) is 0 Å². The summed E-state index contributed by atoms with van der Waals surface area (Å²) in [6.07, 6.45) is 7.66. The van der Waals surface area contributed by atoms with Gasteiger partial charge < -0.3 is 15.1 Å². The summed E-state index contributed by atoms with van der Waals surface area (Å²) < 4.78 is 0. The minimum Gasteiger partial charge on any atom is -0.356 e. The van der Waals surface area contributed by atoms with E-state index in [4.69, 9.17) is 0 Å². The van der Waals surface area contributed by atoms with Crippen molar-refractivity contribution in [2.24, 2.45) is 5.92 Å². The largest absolute Gasteiger partial charge is 0.356 e. The number of likely N-dealkylation sites (tertiary alicyclic amines) is 1. The van der Waals surface area contributed by atoms with Crippen molar-refractivity contribution in [1.82, 2.24) is 20.1 Å². The second kappa shape index (κ2) is 8.99. The van der Waals surface area contributed by atoms with E-state index in [1.165, 1.54) is 5.56 Å². The van der Waals surface area contributed by atoms with Crippen LogP contribution in [0.25, 0.3) is 0 Å². The first-order valence-electron chi connectivity index (χ1n) is 8.58. The minimum absolute atomic E-state index is 0.114. The molecule has 1 aromatic heterocycles. The molecule has 1 amide bonds. The fourth-order valence-electron chi connectivity index (χ4n) is 3.22. The average Bonchev–Trinajstić information content (AvgIpc) is 2.74. The molecule has 5 heteroatoms. The van der Waals surface area contributed by atoms with Crippen molar-refractivity contribution in [3.8, 4) is 0 Å². The lowest BCUT2D eigenvalue weighted by Gasteiger charge is -2.25. The van der Waals surface area contributed by atoms with Crippen LogP contribution in [0.5, 0.6) is 0 Å². The van der Waals surface area contributed by atoms with E-state index in [9.17, 15) is 4.79 Å². The van der Waals surface area contributed by atoms with Crippen LogP contribution in [0.1, 0.15) is 24.8 Å². The molecule has 1 aromatic rings. The number of rotatable bonds is 6. The smallest absolute Gasteiger partial charge is 0.224 e. The van der Waals surface area contributed by atoms with E-state index >= 15 is 0 Å². The molecule has 0 bridgehead atoms. The maximum atomic E-state index is 12.4. The first kappa shape index (κ1) is 17.9. The Kier molecular flexibility index (Phi) is 6.99. The molecule has 23 heavy (non-hydrogen) atoms. The third kappa shape index (κ3) is 5.92. The summed E-state index contributed by atoms with van der Waals surface area (Å²) in [6, 6.07) is 4.58. The van der Waals surface area contributed by atoms with Gasteiger partial charge in [-0.1, -0.05) is 6.07 Å². The van der Waals surface area contributed by atoms with Crippen LogP contribution in [0, 0.1) is 5.92 Å². The fourth-order valence-corrected chi connectivity index (χ4v) is 3.22. The van der Waals surface area contributed by atoms with Gasteiger partial charge >= 0.3 is 0 Å². The van der Waals surface area contributed by atoms with Crippen LogP contribution in [0.4, 0.5) is 0 Å². The van der Waals surface area contributed by atoms with Gasteiger partial charge in [-0.3, -0.25) is 9.78 Å². The minimum atomic E-state index is 0.114. The molecule has 0 aliphatic carbocycles. The number of carbonyl (C=O) groups is 1. The molecule has 0 aromatic carbocycles. The van der Waals surface area contributed by atoms with Crippen molar-refractivity contribution in [3.63, 3.8) is 0 Å². The van der Waals surface area contributed by atoms with E-state index in [-0.39, 0.29) is 11.8 Å². The molecular formula is C18H30N4O. The lowest BCUT2D eigenvalue weighted by atomic mass is 10.0. The van der Waals surface area contributed by atoms with Gasteiger partial charge in [0.2, 0.25) is 5.91 Å². The maximum Gasteiger partial charge on any atom is 0.224 e. The van der Waals surface area contributed by atoms with Gasteiger partial charge in [0.25, 0.3) is 0 Å². The molecule has 1 aliphatic heterocycles. The molecule has 1 saturated heterocycles. The zero-order valence-electron chi connectivity index (χ0n) is 14.7. The molecule has 5 nitrogen and oxygen atoms in total. The number of amides is 1. The highest BCUT2D eigenvalue weighted by Gasteiger charge is 2.27. The second-order valence-corrected chi connectivity index (χ2v) is 6.87. The lowest BCUT2D eigenvalue weighted by Crippen LogP contribution is -2.39. The molecule has 1 N–H and O–H groups in total. The van der Waals surface area contributed by atoms with Crippen LogP contribution < -0.4 is 5.32 Å². The van der Waals surface area contributed by atoms with Gasteiger partial charge in [0.05, 0.1) is 5.92 Å². The number of nitrogens with one attached hydrogen (secondary N) is 1. The predicted molar refractivity (Wildman–Crippen MR) is 93.3 cm³/mol. The quantitative estimate of drug-likeness (QED) is 0.806.